The summed E-state index contributed by atoms with van der Waals surface area (Å²) in [7, 11) is 0. The van der Waals surface area contributed by atoms with E-state index in [0.29, 0.717) is 12.0 Å². The Hall–Kier alpha value is -0.460. The summed E-state index contributed by atoms with van der Waals surface area (Å²) in [5.74, 6) is 1.62. The van der Waals surface area contributed by atoms with Crippen LogP contribution in [0.5, 0.6) is 0 Å². The van der Waals surface area contributed by atoms with Gasteiger partial charge >= 0.3 is 0 Å². The van der Waals surface area contributed by atoms with Gasteiger partial charge in [0.1, 0.15) is 0 Å². The molecule has 0 spiro atoms. The van der Waals surface area contributed by atoms with Crippen molar-refractivity contribution in [1.29, 1.82) is 0 Å². The van der Waals surface area contributed by atoms with Gasteiger partial charge in [-0.1, -0.05) is 13.5 Å². The van der Waals surface area contributed by atoms with E-state index in [1.807, 2.05) is 0 Å². The van der Waals surface area contributed by atoms with Crippen molar-refractivity contribution in [2.24, 2.45) is 5.92 Å². The summed E-state index contributed by atoms with van der Waals surface area (Å²) >= 11 is 0. The molecule has 1 fully saturated rings. The molecule has 1 rings (SSSR count). The highest BCUT2D eigenvalue weighted by Gasteiger charge is 2.24. The molecule has 0 amide bonds. The van der Waals surface area contributed by atoms with Gasteiger partial charge < -0.3 is 4.74 Å². The Labute approximate surface area is 56.7 Å². The fourth-order valence-electron chi connectivity index (χ4n) is 1.33. The maximum Gasteiger partial charge on any atom is 0.0961 e. The third-order valence-electron chi connectivity index (χ3n) is 1.92. The summed E-state index contributed by atoms with van der Waals surface area (Å²) in [6, 6.07) is 0. The van der Waals surface area contributed by atoms with Crippen molar-refractivity contribution in [2.45, 2.75) is 32.8 Å². The number of ether oxygens (including phenoxy) is 1. The second-order valence-corrected chi connectivity index (χ2v) is 2.74. The lowest BCUT2D eigenvalue weighted by atomic mass is 10.0. The molecule has 0 N–H and O–H groups in total. The molecule has 0 aliphatic carbocycles. The standard InChI is InChI=1S/C8H14O/c1-4-8-5-6(2)9-7(8)3/h6,8H,3-5H2,1-2H3/t6?,8-/m1/s1. The van der Waals surface area contributed by atoms with Gasteiger partial charge in [-0.25, -0.2) is 0 Å². The van der Waals surface area contributed by atoms with Crippen LogP contribution in [0.3, 0.4) is 0 Å². The van der Waals surface area contributed by atoms with Crippen LogP contribution in [0.25, 0.3) is 0 Å². The van der Waals surface area contributed by atoms with E-state index >= 15 is 0 Å². The predicted molar refractivity (Wildman–Crippen MR) is 38.1 cm³/mol. The van der Waals surface area contributed by atoms with Gasteiger partial charge in [0, 0.05) is 5.92 Å². The maximum atomic E-state index is 5.37. The summed E-state index contributed by atoms with van der Waals surface area (Å²) in [5, 5.41) is 0. The molecule has 1 unspecified atom stereocenters. The van der Waals surface area contributed by atoms with Crippen molar-refractivity contribution in [1.82, 2.24) is 0 Å². The van der Waals surface area contributed by atoms with Crippen molar-refractivity contribution in [3.05, 3.63) is 12.3 Å². The van der Waals surface area contributed by atoms with Crippen LogP contribution in [0.4, 0.5) is 0 Å². The lowest BCUT2D eigenvalue weighted by molar-refractivity contribution is 0.178. The first-order chi connectivity index (χ1) is 4.24. The van der Waals surface area contributed by atoms with Gasteiger partial charge in [-0.3, -0.25) is 0 Å². The van der Waals surface area contributed by atoms with Crippen LogP contribution >= 0.6 is 0 Å². The molecule has 1 heteroatoms. The molecule has 0 aromatic heterocycles. The summed E-state index contributed by atoms with van der Waals surface area (Å²) < 4.78 is 5.37. The minimum absolute atomic E-state index is 0.405. The first-order valence-corrected chi connectivity index (χ1v) is 3.59. The summed E-state index contributed by atoms with van der Waals surface area (Å²) in [4.78, 5) is 0. The maximum absolute atomic E-state index is 5.37. The third kappa shape index (κ3) is 1.26. The highest BCUT2D eigenvalue weighted by Crippen LogP contribution is 2.30. The van der Waals surface area contributed by atoms with E-state index in [1.165, 1.54) is 6.42 Å². The largest absolute Gasteiger partial charge is 0.495 e. The van der Waals surface area contributed by atoms with Gasteiger partial charge in [-0.2, -0.15) is 0 Å². The molecule has 0 radical (unpaired) electrons. The van der Waals surface area contributed by atoms with Crippen LogP contribution in [-0.2, 0) is 4.74 Å². The van der Waals surface area contributed by atoms with E-state index in [1.54, 1.807) is 0 Å². The molecule has 1 aliphatic rings. The quantitative estimate of drug-likeness (QED) is 0.524. The second kappa shape index (κ2) is 2.42. The Morgan fingerprint density at radius 3 is 2.67 bits per heavy atom. The Kier molecular flexibility index (Phi) is 1.79. The van der Waals surface area contributed by atoms with Gasteiger partial charge in [0.25, 0.3) is 0 Å². The zero-order chi connectivity index (χ0) is 6.85. The molecular weight excluding hydrogens is 112 g/mol. The van der Waals surface area contributed by atoms with Gasteiger partial charge in [0.15, 0.2) is 0 Å². The Morgan fingerprint density at radius 1 is 1.78 bits per heavy atom. The second-order valence-electron chi connectivity index (χ2n) is 2.74. The molecule has 0 bridgehead atoms. The fraction of sp³-hybridized carbons (Fsp3) is 0.750. The lowest BCUT2D eigenvalue weighted by Gasteiger charge is -2.02. The SMILES string of the molecule is C=C1OC(C)C[C@H]1CC. The van der Waals surface area contributed by atoms with Crippen molar-refractivity contribution in [2.75, 3.05) is 0 Å². The highest BCUT2D eigenvalue weighted by atomic mass is 16.5. The van der Waals surface area contributed by atoms with Gasteiger partial charge in [-0.15, -0.1) is 0 Å². The molecule has 1 saturated heterocycles. The molecule has 1 aliphatic heterocycles. The predicted octanol–water partition coefficient (Wildman–Crippen LogP) is 2.34. The minimum atomic E-state index is 0.405. The number of rotatable bonds is 1. The highest BCUT2D eigenvalue weighted by molar-refractivity contribution is 4.97. The summed E-state index contributed by atoms with van der Waals surface area (Å²) in [6.45, 7) is 8.11. The van der Waals surface area contributed by atoms with Crippen LogP contribution in [0, 0.1) is 5.92 Å². The molecule has 52 valence electrons. The van der Waals surface area contributed by atoms with Gasteiger partial charge in [0.05, 0.1) is 11.9 Å². The normalized spacial score (nSPS) is 34.7. The smallest absolute Gasteiger partial charge is 0.0961 e. The van der Waals surface area contributed by atoms with Crippen LogP contribution in [0.2, 0.25) is 0 Å². The Balaban J connectivity index is 2.48. The molecule has 2 atom stereocenters. The van der Waals surface area contributed by atoms with E-state index in [2.05, 4.69) is 20.4 Å². The van der Waals surface area contributed by atoms with E-state index < -0.39 is 0 Å². The third-order valence-corrected chi connectivity index (χ3v) is 1.92. The lowest BCUT2D eigenvalue weighted by Crippen LogP contribution is -1.95. The van der Waals surface area contributed by atoms with Crippen molar-refractivity contribution in [3.63, 3.8) is 0 Å². The molecule has 9 heavy (non-hydrogen) atoms. The number of hydrogen-bond acceptors (Lipinski definition) is 1. The van der Waals surface area contributed by atoms with Crippen LogP contribution in [0.1, 0.15) is 26.7 Å². The van der Waals surface area contributed by atoms with E-state index in [4.69, 9.17) is 4.74 Å². The summed E-state index contributed by atoms with van der Waals surface area (Å²) in [5.41, 5.74) is 0. The van der Waals surface area contributed by atoms with Crippen molar-refractivity contribution < 1.29 is 4.74 Å². The average molecular weight is 126 g/mol. The molecule has 0 aromatic carbocycles. The molecular formula is C8H14O. The van der Waals surface area contributed by atoms with E-state index in [9.17, 15) is 0 Å². The monoisotopic (exact) mass is 126 g/mol. The first-order valence-electron chi connectivity index (χ1n) is 3.59. The van der Waals surface area contributed by atoms with Crippen LogP contribution in [0.15, 0.2) is 12.3 Å². The number of allylic oxidation sites excluding steroid dienone is 1. The zero-order valence-corrected chi connectivity index (χ0v) is 6.18. The first kappa shape index (κ1) is 6.66. The van der Waals surface area contributed by atoms with Gasteiger partial charge in [0.2, 0.25) is 0 Å². The topological polar surface area (TPSA) is 9.23 Å². The number of hydrogen-bond donors (Lipinski definition) is 0. The molecule has 1 heterocycles. The van der Waals surface area contributed by atoms with Gasteiger partial charge in [-0.05, 0) is 19.8 Å². The Bertz CT molecular complexity index is 118. The zero-order valence-electron chi connectivity index (χ0n) is 6.18. The molecule has 0 saturated carbocycles. The average Bonchev–Trinajstić information content (AvgIpc) is 2.10. The van der Waals surface area contributed by atoms with Crippen molar-refractivity contribution in [3.8, 4) is 0 Å². The van der Waals surface area contributed by atoms with Crippen molar-refractivity contribution >= 4 is 0 Å². The summed E-state index contributed by atoms with van der Waals surface area (Å²) in [6.07, 6.45) is 2.74. The van der Waals surface area contributed by atoms with E-state index in [0.717, 1.165) is 12.2 Å². The van der Waals surface area contributed by atoms with Crippen LogP contribution < -0.4 is 0 Å². The molecule has 1 nitrogen and oxygen atoms in total. The van der Waals surface area contributed by atoms with Crippen LogP contribution in [-0.4, -0.2) is 6.10 Å². The van der Waals surface area contributed by atoms with E-state index in [-0.39, 0.29) is 0 Å². The fourth-order valence-corrected chi connectivity index (χ4v) is 1.33. The molecule has 0 aromatic rings. The minimum Gasteiger partial charge on any atom is -0.495 e. The Morgan fingerprint density at radius 2 is 2.44 bits per heavy atom.